The first kappa shape index (κ1) is 10.6. The Morgan fingerprint density at radius 3 is 2.60 bits per heavy atom. The highest BCUT2D eigenvalue weighted by atomic mass is 79.9. The zero-order chi connectivity index (χ0) is 11.0. The van der Waals surface area contributed by atoms with Gasteiger partial charge in [-0.25, -0.2) is 9.67 Å². The van der Waals surface area contributed by atoms with Crippen molar-refractivity contribution in [2.24, 2.45) is 0 Å². The highest BCUT2D eigenvalue weighted by Crippen LogP contribution is 2.22. The van der Waals surface area contributed by atoms with Gasteiger partial charge in [0.05, 0.1) is 28.3 Å². The lowest BCUT2D eigenvalue weighted by Gasteiger charge is -2.02. The standard InChI is InChI=1S/C9H8BrClN4/c1-5-9(10)6(2)15(14-5)8-4-12-3-7(11)13-8/h3-4H,1-2H3. The van der Waals surface area contributed by atoms with Crippen molar-refractivity contribution < 1.29 is 0 Å². The first-order chi connectivity index (χ1) is 7.09. The van der Waals surface area contributed by atoms with E-state index in [4.69, 9.17) is 11.6 Å². The van der Waals surface area contributed by atoms with Crippen LogP contribution >= 0.6 is 27.5 Å². The molecule has 2 aromatic heterocycles. The Morgan fingerprint density at radius 2 is 2.07 bits per heavy atom. The van der Waals surface area contributed by atoms with Crippen molar-refractivity contribution in [3.8, 4) is 5.82 Å². The molecule has 0 unspecified atom stereocenters. The minimum absolute atomic E-state index is 0.358. The van der Waals surface area contributed by atoms with Crippen LogP contribution in [0.5, 0.6) is 0 Å². The van der Waals surface area contributed by atoms with Crippen LogP contribution in [0, 0.1) is 13.8 Å². The third-order valence-electron chi connectivity index (χ3n) is 2.01. The zero-order valence-corrected chi connectivity index (χ0v) is 10.5. The Bertz CT molecular complexity index is 509. The summed E-state index contributed by atoms with van der Waals surface area (Å²) in [5, 5.41) is 4.69. The molecule has 0 aliphatic heterocycles. The maximum atomic E-state index is 5.77. The van der Waals surface area contributed by atoms with Crippen LogP contribution in [0.1, 0.15) is 11.4 Å². The molecule has 2 rings (SSSR count). The molecular weight excluding hydrogens is 279 g/mol. The lowest BCUT2D eigenvalue weighted by Crippen LogP contribution is -2.02. The van der Waals surface area contributed by atoms with Crippen molar-refractivity contribution in [1.29, 1.82) is 0 Å². The number of halogens is 2. The Balaban J connectivity index is 2.59. The third-order valence-corrected chi connectivity index (χ3v) is 3.34. The molecule has 15 heavy (non-hydrogen) atoms. The number of hydrogen-bond acceptors (Lipinski definition) is 3. The molecule has 0 saturated carbocycles. The molecule has 0 atom stereocenters. The SMILES string of the molecule is Cc1nn(-c2cncc(Cl)n2)c(C)c1Br. The van der Waals surface area contributed by atoms with Crippen LogP contribution in [-0.4, -0.2) is 19.7 Å². The van der Waals surface area contributed by atoms with Gasteiger partial charge in [0.2, 0.25) is 0 Å². The fourth-order valence-corrected chi connectivity index (χ4v) is 1.67. The van der Waals surface area contributed by atoms with Crippen LogP contribution in [0.15, 0.2) is 16.9 Å². The first-order valence-corrected chi connectivity index (χ1v) is 5.46. The average molecular weight is 288 g/mol. The monoisotopic (exact) mass is 286 g/mol. The highest BCUT2D eigenvalue weighted by Gasteiger charge is 2.11. The second kappa shape index (κ2) is 3.90. The summed E-state index contributed by atoms with van der Waals surface area (Å²) in [6.07, 6.45) is 3.11. The fraction of sp³-hybridized carbons (Fsp3) is 0.222. The normalized spacial score (nSPS) is 10.7. The Labute approximate surface area is 100 Å². The summed E-state index contributed by atoms with van der Waals surface area (Å²) in [6.45, 7) is 3.87. The van der Waals surface area contributed by atoms with Crippen molar-refractivity contribution in [1.82, 2.24) is 19.7 Å². The second-order valence-electron chi connectivity index (χ2n) is 3.10. The fourth-order valence-electron chi connectivity index (χ4n) is 1.28. The average Bonchev–Trinajstić information content (AvgIpc) is 2.46. The van der Waals surface area contributed by atoms with Gasteiger partial charge in [0.25, 0.3) is 0 Å². The summed E-state index contributed by atoms with van der Waals surface area (Å²) in [6, 6.07) is 0. The molecule has 0 saturated heterocycles. The Hall–Kier alpha value is -0.940. The van der Waals surface area contributed by atoms with Crippen molar-refractivity contribution in [2.75, 3.05) is 0 Å². The molecule has 0 aromatic carbocycles. The van der Waals surface area contributed by atoms with Crippen LogP contribution in [0.25, 0.3) is 5.82 Å². The van der Waals surface area contributed by atoms with Crippen LogP contribution in [-0.2, 0) is 0 Å². The van der Waals surface area contributed by atoms with E-state index < -0.39 is 0 Å². The molecule has 4 nitrogen and oxygen atoms in total. The molecule has 0 spiro atoms. The van der Waals surface area contributed by atoms with Crippen molar-refractivity contribution in [3.05, 3.63) is 33.4 Å². The quantitative estimate of drug-likeness (QED) is 0.810. The summed E-state index contributed by atoms with van der Waals surface area (Å²) in [5.41, 5.74) is 1.89. The van der Waals surface area contributed by atoms with Gasteiger partial charge in [-0.05, 0) is 29.8 Å². The molecule has 0 amide bonds. The minimum Gasteiger partial charge on any atom is -0.258 e. The lowest BCUT2D eigenvalue weighted by molar-refractivity contribution is 0.799. The van der Waals surface area contributed by atoms with Gasteiger partial charge < -0.3 is 0 Å². The highest BCUT2D eigenvalue weighted by molar-refractivity contribution is 9.10. The zero-order valence-electron chi connectivity index (χ0n) is 8.20. The molecule has 0 aliphatic carbocycles. The molecule has 6 heteroatoms. The second-order valence-corrected chi connectivity index (χ2v) is 4.28. The topological polar surface area (TPSA) is 43.6 Å². The number of rotatable bonds is 1. The predicted molar refractivity (Wildman–Crippen MR) is 61.3 cm³/mol. The Kier molecular flexibility index (Phi) is 2.75. The minimum atomic E-state index is 0.358. The van der Waals surface area contributed by atoms with Gasteiger partial charge in [0, 0.05) is 0 Å². The largest absolute Gasteiger partial charge is 0.258 e. The maximum absolute atomic E-state index is 5.77. The summed E-state index contributed by atoms with van der Waals surface area (Å²) < 4.78 is 2.68. The lowest BCUT2D eigenvalue weighted by atomic mass is 10.4. The molecule has 0 N–H and O–H groups in total. The van der Waals surface area contributed by atoms with Crippen LogP contribution in [0.3, 0.4) is 0 Å². The molecule has 0 bridgehead atoms. The van der Waals surface area contributed by atoms with Gasteiger partial charge in [-0.1, -0.05) is 11.6 Å². The van der Waals surface area contributed by atoms with Gasteiger partial charge in [-0.3, -0.25) is 4.98 Å². The molecule has 2 aromatic rings. The molecule has 78 valence electrons. The van der Waals surface area contributed by atoms with E-state index in [9.17, 15) is 0 Å². The molecule has 0 radical (unpaired) electrons. The summed E-state index contributed by atoms with van der Waals surface area (Å²) in [7, 11) is 0. The van der Waals surface area contributed by atoms with Crippen molar-refractivity contribution in [3.63, 3.8) is 0 Å². The van der Waals surface area contributed by atoms with E-state index in [0.29, 0.717) is 11.0 Å². The van der Waals surface area contributed by atoms with E-state index in [1.807, 2.05) is 13.8 Å². The van der Waals surface area contributed by atoms with E-state index in [0.717, 1.165) is 15.9 Å². The Morgan fingerprint density at radius 1 is 1.33 bits per heavy atom. The van der Waals surface area contributed by atoms with E-state index in [1.54, 1.807) is 10.9 Å². The molecule has 0 fully saturated rings. The van der Waals surface area contributed by atoms with Crippen molar-refractivity contribution >= 4 is 27.5 Å². The van der Waals surface area contributed by atoms with Gasteiger partial charge in [0.15, 0.2) is 5.82 Å². The maximum Gasteiger partial charge on any atom is 0.173 e. The first-order valence-electron chi connectivity index (χ1n) is 4.29. The van der Waals surface area contributed by atoms with Gasteiger partial charge in [-0.2, -0.15) is 5.10 Å². The van der Waals surface area contributed by atoms with Gasteiger partial charge >= 0.3 is 0 Å². The van der Waals surface area contributed by atoms with Gasteiger partial charge in [-0.15, -0.1) is 0 Å². The van der Waals surface area contributed by atoms with Crippen molar-refractivity contribution in [2.45, 2.75) is 13.8 Å². The number of hydrogen-bond donors (Lipinski definition) is 0. The van der Waals surface area contributed by atoms with Crippen LogP contribution in [0.4, 0.5) is 0 Å². The van der Waals surface area contributed by atoms with E-state index in [2.05, 4.69) is 31.0 Å². The van der Waals surface area contributed by atoms with Crippen LogP contribution < -0.4 is 0 Å². The summed E-state index contributed by atoms with van der Waals surface area (Å²) >= 11 is 9.22. The van der Waals surface area contributed by atoms with E-state index in [-0.39, 0.29) is 0 Å². The summed E-state index contributed by atoms with van der Waals surface area (Å²) in [4.78, 5) is 8.11. The number of aromatic nitrogens is 4. The molecule has 2 heterocycles. The van der Waals surface area contributed by atoms with Crippen LogP contribution in [0.2, 0.25) is 5.15 Å². The number of nitrogens with zero attached hydrogens (tertiary/aromatic N) is 4. The smallest absolute Gasteiger partial charge is 0.173 e. The predicted octanol–water partition coefficient (Wildman–Crippen LogP) is 2.70. The summed E-state index contributed by atoms with van der Waals surface area (Å²) in [5.74, 6) is 0.619. The van der Waals surface area contributed by atoms with E-state index in [1.165, 1.54) is 6.20 Å². The number of aryl methyl sites for hydroxylation is 1. The molecule has 0 aliphatic rings. The van der Waals surface area contributed by atoms with E-state index >= 15 is 0 Å². The molecular formula is C9H8BrClN4. The van der Waals surface area contributed by atoms with Gasteiger partial charge in [0.1, 0.15) is 5.15 Å². The third kappa shape index (κ3) is 1.89.